The molecule has 2 aliphatic carbocycles. The first-order valence-electron chi connectivity index (χ1n) is 9.55. The van der Waals surface area contributed by atoms with E-state index in [4.69, 9.17) is 0 Å². The van der Waals surface area contributed by atoms with Crippen LogP contribution in [0.5, 0.6) is 0 Å². The number of rotatable bonds is 3. The van der Waals surface area contributed by atoms with E-state index >= 15 is 0 Å². The molecule has 2 aromatic rings. The van der Waals surface area contributed by atoms with Crippen molar-refractivity contribution in [1.29, 1.82) is 0 Å². The van der Waals surface area contributed by atoms with Crippen LogP contribution < -0.4 is 4.90 Å². The Labute approximate surface area is 167 Å². The number of non-ortho nitro benzene ring substituents is 1. The van der Waals surface area contributed by atoms with E-state index in [1.54, 1.807) is 6.07 Å². The SMILES string of the molecule is CC(=C1[C@H]2C=C[C@H]1[C@H]1C(=O)N(c3cccc([N+](=O)[O-])c3)C(=O)[C@@H]12)c1ccccc1. The summed E-state index contributed by atoms with van der Waals surface area (Å²) in [7, 11) is 0. The third-order valence-electron chi connectivity index (χ3n) is 6.35. The minimum absolute atomic E-state index is 0.106. The fourth-order valence-corrected chi connectivity index (χ4v) is 5.12. The number of anilines is 1. The zero-order valence-electron chi connectivity index (χ0n) is 15.7. The summed E-state index contributed by atoms with van der Waals surface area (Å²) >= 11 is 0. The molecule has 6 heteroatoms. The van der Waals surface area contributed by atoms with Gasteiger partial charge in [0.05, 0.1) is 22.4 Å². The van der Waals surface area contributed by atoms with E-state index in [0.717, 1.165) is 21.6 Å². The maximum Gasteiger partial charge on any atom is 0.271 e. The predicted octanol–water partition coefficient (Wildman–Crippen LogP) is 3.99. The average molecular weight is 386 g/mol. The molecule has 2 aromatic carbocycles. The first kappa shape index (κ1) is 17.6. The maximum absolute atomic E-state index is 13.3. The Morgan fingerprint density at radius 2 is 1.55 bits per heavy atom. The van der Waals surface area contributed by atoms with Gasteiger partial charge in [0.2, 0.25) is 11.8 Å². The fraction of sp³-hybridized carbons (Fsp3) is 0.217. The first-order chi connectivity index (χ1) is 14.0. The lowest BCUT2D eigenvalue weighted by atomic mass is 9.85. The van der Waals surface area contributed by atoms with Gasteiger partial charge in [0, 0.05) is 24.0 Å². The van der Waals surface area contributed by atoms with Gasteiger partial charge >= 0.3 is 0 Å². The number of carbonyl (C=O) groups excluding carboxylic acids is 2. The van der Waals surface area contributed by atoms with Crippen molar-refractivity contribution < 1.29 is 14.5 Å². The maximum atomic E-state index is 13.3. The number of hydrogen-bond donors (Lipinski definition) is 0. The summed E-state index contributed by atoms with van der Waals surface area (Å²) in [5, 5.41) is 11.1. The lowest BCUT2D eigenvalue weighted by molar-refractivity contribution is -0.384. The number of hydrogen-bond acceptors (Lipinski definition) is 4. The molecule has 6 nitrogen and oxygen atoms in total. The van der Waals surface area contributed by atoms with Gasteiger partial charge < -0.3 is 0 Å². The number of fused-ring (bicyclic) bond motifs is 5. The summed E-state index contributed by atoms with van der Waals surface area (Å²) in [6.45, 7) is 2.05. The van der Waals surface area contributed by atoms with Gasteiger partial charge in [-0.15, -0.1) is 0 Å². The van der Waals surface area contributed by atoms with Crippen molar-refractivity contribution in [3.8, 4) is 0 Å². The highest BCUT2D eigenvalue weighted by atomic mass is 16.6. The van der Waals surface area contributed by atoms with Gasteiger partial charge in [-0.3, -0.25) is 19.7 Å². The molecule has 1 saturated carbocycles. The number of benzene rings is 2. The minimum Gasteiger partial charge on any atom is -0.274 e. The van der Waals surface area contributed by atoms with Crippen molar-refractivity contribution in [3.05, 3.63) is 88.0 Å². The molecule has 0 spiro atoms. The van der Waals surface area contributed by atoms with Crippen LogP contribution in [-0.4, -0.2) is 16.7 Å². The smallest absolute Gasteiger partial charge is 0.271 e. The summed E-state index contributed by atoms with van der Waals surface area (Å²) in [6, 6.07) is 15.7. The largest absolute Gasteiger partial charge is 0.274 e. The molecule has 2 fully saturated rings. The number of nitrogens with zero attached hydrogens (tertiary/aromatic N) is 2. The number of imide groups is 1. The lowest BCUT2D eigenvalue weighted by Crippen LogP contribution is -2.33. The predicted molar refractivity (Wildman–Crippen MR) is 108 cm³/mol. The van der Waals surface area contributed by atoms with Crippen molar-refractivity contribution >= 4 is 28.8 Å². The summed E-state index contributed by atoms with van der Waals surface area (Å²) in [6.07, 6.45) is 4.07. The second kappa shape index (κ2) is 6.24. The lowest BCUT2D eigenvalue weighted by Gasteiger charge is -2.20. The summed E-state index contributed by atoms with van der Waals surface area (Å²) in [5.41, 5.74) is 3.49. The third-order valence-corrected chi connectivity index (χ3v) is 6.35. The van der Waals surface area contributed by atoms with Crippen LogP contribution in [0.25, 0.3) is 5.57 Å². The van der Waals surface area contributed by atoms with E-state index in [2.05, 4.69) is 0 Å². The molecule has 1 heterocycles. The van der Waals surface area contributed by atoms with Gasteiger partial charge in [0.1, 0.15) is 0 Å². The molecule has 0 radical (unpaired) electrons. The van der Waals surface area contributed by atoms with Crippen LogP contribution in [-0.2, 0) is 9.59 Å². The van der Waals surface area contributed by atoms with Crippen LogP contribution in [0, 0.1) is 33.8 Å². The van der Waals surface area contributed by atoms with E-state index in [0.29, 0.717) is 0 Å². The number of allylic oxidation sites excluding steroid dienone is 4. The molecule has 0 aromatic heterocycles. The number of carbonyl (C=O) groups is 2. The van der Waals surface area contributed by atoms with Gasteiger partial charge in [-0.2, -0.15) is 0 Å². The second-order valence-electron chi connectivity index (χ2n) is 7.72. The first-order valence-corrected chi connectivity index (χ1v) is 9.55. The molecule has 144 valence electrons. The van der Waals surface area contributed by atoms with Gasteiger partial charge in [0.15, 0.2) is 0 Å². The van der Waals surface area contributed by atoms with Crippen molar-refractivity contribution in [1.82, 2.24) is 0 Å². The molecular formula is C23H18N2O4. The molecule has 5 rings (SSSR count). The number of nitro benzene ring substituents is 1. The van der Waals surface area contributed by atoms with E-state index in [-0.39, 0.29) is 35.0 Å². The zero-order valence-corrected chi connectivity index (χ0v) is 15.7. The number of nitro groups is 1. The van der Waals surface area contributed by atoms with Crippen molar-refractivity contribution in [3.63, 3.8) is 0 Å². The Morgan fingerprint density at radius 1 is 0.931 bits per heavy atom. The normalized spacial score (nSPS) is 26.9. The van der Waals surface area contributed by atoms with Gasteiger partial charge in [0.25, 0.3) is 5.69 Å². The molecule has 0 unspecified atom stereocenters. The van der Waals surface area contributed by atoms with E-state index in [1.165, 1.54) is 18.2 Å². The highest BCUT2D eigenvalue weighted by Crippen LogP contribution is 2.58. The summed E-state index contributed by atoms with van der Waals surface area (Å²) in [4.78, 5) is 38.2. The Morgan fingerprint density at radius 3 is 2.14 bits per heavy atom. The standard InChI is InChI=1S/C23H18N2O4/c1-13(14-6-3-2-4-7-14)19-17-10-11-18(19)21-20(17)22(26)24(23(21)27)15-8-5-9-16(12-15)25(28)29/h2-12,17-18,20-21H,1H3/t17-,18-,20-,21-/m1/s1. The fourth-order valence-electron chi connectivity index (χ4n) is 5.12. The zero-order chi connectivity index (χ0) is 20.3. The molecule has 4 atom stereocenters. The molecule has 1 saturated heterocycles. The molecule has 2 amide bonds. The second-order valence-corrected chi connectivity index (χ2v) is 7.72. The van der Waals surface area contributed by atoms with E-state index < -0.39 is 16.8 Å². The van der Waals surface area contributed by atoms with E-state index in [9.17, 15) is 19.7 Å². The van der Waals surface area contributed by atoms with Crippen LogP contribution in [0.15, 0.2) is 72.3 Å². The summed E-state index contributed by atoms with van der Waals surface area (Å²) < 4.78 is 0. The van der Waals surface area contributed by atoms with Crippen LogP contribution in [0.4, 0.5) is 11.4 Å². The molecule has 3 aliphatic rings. The Kier molecular flexibility index (Phi) is 3.77. The van der Waals surface area contributed by atoms with Crippen molar-refractivity contribution in [2.24, 2.45) is 23.7 Å². The summed E-state index contributed by atoms with van der Waals surface area (Å²) in [5.74, 6) is -1.63. The van der Waals surface area contributed by atoms with Crippen LogP contribution in [0.2, 0.25) is 0 Å². The Hall–Kier alpha value is -3.54. The third kappa shape index (κ3) is 2.42. The molecular weight excluding hydrogens is 368 g/mol. The number of amides is 2. The van der Waals surface area contributed by atoms with Crippen molar-refractivity contribution in [2.75, 3.05) is 4.90 Å². The highest BCUT2D eigenvalue weighted by molar-refractivity contribution is 6.23. The molecule has 1 aliphatic heterocycles. The molecule has 29 heavy (non-hydrogen) atoms. The van der Waals surface area contributed by atoms with Gasteiger partial charge in [-0.25, -0.2) is 4.90 Å². The molecule has 0 N–H and O–H groups in total. The molecule has 2 bridgehead atoms. The van der Waals surface area contributed by atoms with Crippen LogP contribution >= 0.6 is 0 Å². The Bertz CT molecular complexity index is 1080. The Balaban J connectivity index is 1.54. The van der Waals surface area contributed by atoms with Gasteiger partial charge in [-0.1, -0.05) is 54.1 Å². The van der Waals surface area contributed by atoms with Crippen LogP contribution in [0.1, 0.15) is 12.5 Å². The van der Waals surface area contributed by atoms with Crippen molar-refractivity contribution in [2.45, 2.75) is 6.92 Å². The van der Waals surface area contributed by atoms with Crippen LogP contribution in [0.3, 0.4) is 0 Å². The minimum atomic E-state index is -0.523. The topological polar surface area (TPSA) is 80.5 Å². The monoisotopic (exact) mass is 386 g/mol. The van der Waals surface area contributed by atoms with E-state index in [1.807, 2.05) is 49.4 Å². The quantitative estimate of drug-likeness (QED) is 0.346. The average Bonchev–Trinajstić information content (AvgIpc) is 3.37. The highest BCUT2D eigenvalue weighted by Gasteiger charge is 2.62. The van der Waals surface area contributed by atoms with Gasteiger partial charge in [-0.05, 0) is 24.1 Å².